The first-order chi connectivity index (χ1) is 6.72. The van der Waals surface area contributed by atoms with E-state index in [1.807, 2.05) is 0 Å². The van der Waals surface area contributed by atoms with Crippen LogP contribution in [0.5, 0.6) is 0 Å². The van der Waals surface area contributed by atoms with E-state index in [0.29, 0.717) is 23.2 Å². The van der Waals surface area contributed by atoms with Crippen LogP contribution in [0.15, 0.2) is 29.2 Å². The van der Waals surface area contributed by atoms with E-state index in [1.165, 1.54) is 0 Å². The van der Waals surface area contributed by atoms with Crippen LogP contribution in [0.4, 0.5) is 14.5 Å². The number of rotatable bonds is 4. The van der Waals surface area contributed by atoms with Gasteiger partial charge in [-0.05, 0) is 24.3 Å². The smallest absolute Gasteiger partial charge is 0.288 e. The SMILES string of the molecule is C#CCNc1ccc(SC(F)F)cc1. The van der Waals surface area contributed by atoms with Gasteiger partial charge in [0.2, 0.25) is 0 Å². The maximum absolute atomic E-state index is 11.9. The molecule has 0 radical (unpaired) electrons. The molecule has 0 saturated carbocycles. The summed E-state index contributed by atoms with van der Waals surface area (Å²) in [5.41, 5.74) is 0.835. The Hall–Kier alpha value is -1.21. The Morgan fingerprint density at radius 3 is 2.50 bits per heavy atom. The molecule has 74 valence electrons. The maximum atomic E-state index is 11.9. The molecule has 0 fully saturated rings. The molecule has 0 saturated heterocycles. The fraction of sp³-hybridized carbons (Fsp3) is 0.200. The number of anilines is 1. The van der Waals surface area contributed by atoms with Crippen molar-refractivity contribution in [3.05, 3.63) is 24.3 Å². The molecule has 0 bridgehead atoms. The Morgan fingerprint density at radius 1 is 1.36 bits per heavy atom. The number of nitrogens with one attached hydrogen (secondary N) is 1. The van der Waals surface area contributed by atoms with Gasteiger partial charge in [-0.2, -0.15) is 8.78 Å². The molecule has 1 aromatic rings. The van der Waals surface area contributed by atoms with Crippen LogP contribution in [0.3, 0.4) is 0 Å². The van der Waals surface area contributed by atoms with Crippen molar-refractivity contribution in [2.45, 2.75) is 10.7 Å². The quantitative estimate of drug-likeness (QED) is 0.609. The maximum Gasteiger partial charge on any atom is 0.288 e. The lowest BCUT2D eigenvalue weighted by Gasteiger charge is -2.03. The van der Waals surface area contributed by atoms with Crippen molar-refractivity contribution < 1.29 is 8.78 Å². The van der Waals surface area contributed by atoms with Crippen LogP contribution >= 0.6 is 11.8 Å². The summed E-state index contributed by atoms with van der Waals surface area (Å²) in [5, 5.41) is 2.94. The van der Waals surface area contributed by atoms with Crippen molar-refractivity contribution in [3.8, 4) is 12.3 Å². The van der Waals surface area contributed by atoms with Gasteiger partial charge >= 0.3 is 0 Å². The van der Waals surface area contributed by atoms with Crippen LogP contribution in [0, 0.1) is 12.3 Å². The minimum atomic E-state index is -2.38. The molecule has 0 atom stereocenters. The Bertz CT molecular complexity index is 316. The highest BCUT2D eigenvalue weighted by Gasteiger charge is 2.04. The second-order valence-electron chi connectivity index (χ2n) is 2.46. The summed E-state index contributed by atoms with van der Waals surface area (Å²) >= 11 is 0.530. The molecule has 0 amide bonds. The van der Waals surface area contributed by atoms with Gasteiger partial charge in [0.1, 0.15) is 0 Å². The summed E-state index contributed by atoms with van der Waals surface area (Å²) in [6.45, 7) is 0.432. The fourth-order valence-corrected chi connectivity index (χ4v) is 1.41. The first kappa shape index (κ1) is 10.9. The number of thioether (sulfide) groups is 1. The summed E-state index contributed by atoms with van der Waals surface area (Å²) in [7, 11) is 0. The molecule has 1 nitrogen and oxygen atoms in total. The third-order valence-corrected chi connectivity index (χ3v) is 2.20. The van der Waals surface area contributed by atoms with E-state index in [9.17, 15) is 8.78 Å². The number of hydrogen-bond donors (Lipinski definition) is 1. The normalized spacial score (nSPS) is 9.86. The van der Waals surface area contributed by atoms with Gasteiger partial charge < -0.3 is 5.32 Å². The molecule has 0 heterocycles. The molecular weight excluding hydrogens is 204 g/mol. The van der Waals surface area contributed by atoms with Crippen LogP contribution in [0.25, 0.3) is 0 Å². The lowest BCUT2D eigenvalue weighted by atomic mass is 10.3. The second-order valence-corrected chi connectivity index (χ2v) is 3.52. The van der Waals surface area contributed by atoms with Gasteiger partial charge in [0.25, 0.3) is 5.76 Å². The van der Waals surface area contributed by atoms with Crippen molar-refractivity contribution in [1.82, 2.24) is 0 Å². The lowest BCUT2D eigenvalue weighted by Crippen LogP contribution is -1.97. The van der Waals surface area contributed by atoms with E-state index in [4.69, 9.17) is 6.42 Å². The largest absolute Gasteiger partial charge is 0.374 e. The number of halogens is 2. The molecule has 14 heavy (non-hydrogen) atoms. The molecular formula is C10H9F2NS. The number of benzene rings is 1. The van der Waals surface area contributed by atoms with E-state index in [0.717, 1.165) is 5.69 Å². The summed E-state index contributed by atoms with van der Waals surface area (Å²) in [4.78, 5) is 0.547. The highest BCUT2D eigenvalue weighted by atomic mass is 32.2. The van der Waals surface area contributed by atoms with Crippen LogP contribution in [0.1, 0.15) is 0 Å². The molecule has 0 aliphatic carbocycles. The third kappa shape index (κ3) is 3.67. The molecule has 1 rings (SSSR count). The van der Waals surface area contributed by atoms with E-state index < -0.39 is 5.76 Å². The van der Waals surface area contributed by atoms with Crippen LogP contribution in [0.2, 0.25) is 0 Å². The highest BCUT2D eigenvalue weighted by Crippen LogP contribution is 2.25. The zero-order chi connectivity index (χ0) is 10.4. The van der Waals surface area contributed by atoms with Gasteiger partial charge in [-0.25, -0.2) is 0 Å². The Balaban J connectivity index is 2.56. The van der Waals surface area contributed by atoms with Crippen molar-refractivity contribution in [3.63, 3.8) is 0 Å². The number of terminal acetylenes is 1. The molecule has 0 aliphatic heterocycles. The third-order valence-electron chi connectivity index (χ3n) is 1.47. The summed E-state index contributed by atoms with van der Waals surface area (Å²) in [5.74, 6) is 0.0512. The zero-order valence-electron chi connectivity index (χ0n) is 7.34. The molecule has 1 N–H and O–H groups in total. The van der Waals surface area contributed by atoms with E-state index in [1.54, 1.807) is 24.3 Å². The van der Waals surface area contributed by atoms with Crippen molar-refractivity contribution in [2.24, 2.45) is 0 Å². The molecule has 0 unspecified atom stereocenters. The van der Waals surface area contributed by atoms with Crippen molar-refractivity contribution >= 4 is 17.4 Å². The van der Waals surface area contributed by atoms with Crippen molar-refractivity contribution in [2.75, 3.05) is 11.9 Å². The van der Waals surface area contributed by atoms with Crippen molar-refractivity contribution in [1.29, 1.82) is 0 Å². The van der Waals surface area contributed by atoms with Crippen LogP contribution in [-0.2, 0) is 0 Å². The van der Waals surface area contributed by atoms with Gasteiger partial charge in [-0.15, -0.1) is 6.42 Å². The minimum Gasteiger partial charge on any atom is -0.374 e. The molecule has 0 spiro atoms. The summed E-state index contributed by atoms with van der Waals surface area (Å²) in [6.07, 6.45) is 5.06. The number of hydrogen-bond acceptors (Lipinski definition) is 2. The van der Waals surface area contributed by atoms with E-state index >= 15 is 0 Å². The van der Waals surface area contributed by atoms with Crippen LogP contribution in [-0.4, -0.2) is 12.3 Å². The van der Waals surface area contributed by atoms with Gasteiger partial charge in [0.15, 0.2) is 0 Å². The minimum absolute atomic E-state index is 0.432. The summed E-state index contributed by atoms with van der Waals surface area (Å²) < 4.78 is 23.9. The van der Waals surface area contributed by atoms with Gasteiger partial charge in [0.05, 0.1) is 6.54 Å². The lowest BCUT2D eigenvalue weighted by molar-refractivity contribution is 0.252. The Morgan fingerprint density at radius 2 is 2.00 bits per heavy atom. The molecule has 4 heteroatoms. The monoisotopic (exact) mass is 213 g/mol. The molecule has 0 aromatic heterocycles. The summed E-state index contributed by atoms with van der Waals surface area (Å²) in [6, 6.07) is 6.72. The molecule has 0 aliphatic rings. The average Bonchev–Trinajstić information content (AvgIpc) is 2.16. The zero-order valence-corrected chi connectivity index (χ0v) is 8.15. The Kier molecular flexibility index (Phi) is 4.27. The fourth-order valence-electron chi connectivity index (χ4n) is 0.907. The predicted octanol–water partition coefficient (Wildman–Crippen LogP) is 3.05. The first-order valence-corrected chi connectivity index (χ1v) is 4.82. The number of alkyl halides is 2. The predicted molar refractivity (Wildman–Crippen MR) is 55.6 cm³/mol. The second kappa shape index (κ2) is 5.51. The molecule has 1 aromatic carbocycles. The highest BCUT2D eigenvalue weighted by molar-refractivity contribution is 7.99. The van der Waals surface area contributed by atoms with E-state index in [2.05, 4.69) is 11.2 Å². The van der Waals surface area contributed by atoms with Gasteiger partial charge in [-0.3, -0.25) is 0 Å². The van der Waals surface area contributed by atoms with Gasteiger partial charge in [-0.1, -0.05) is 17.7 Å². The Labute approximate surface area is 85.9 Å². The van der Waals surface area contributed by atoms with E-state index in [-0.39, 0.29) is 0 Å². The standard InChI is InChI=1S/C10H9F2NS/c1-2-7-13-8-3-5-9(6-4-8)14-10(11)12/h1,3-6,10,13H,7H2. The van der Waals surface area contributed by atoms with Crippen LogP contribution < -0.4 is 5.32 Å². The average molecular weight is 213 g/mol. The topological polar surface area (TPSA) is 12.0 Å². The first-order valence-electron chi connectivity index (χ1n) is 3.94. The van der Waals surface area contributed by atoms with Gasteiger partial charge in [0, 0.05) is 10.6 Å².